The van der Waals surface area contributed by atoms with E-state index in [1.54, 1.807) is 4.90 Å². The number of halogens is 6. The molecule has 2 amide bonds. The molecular weight excluding hydrogens is 460 g/mol. The van der Waals surface area contributed by atoms with Gasteiger partial charge < -0.3 is 19.9 Å². The fourth-order valence-corrected chi connectivity index (χ4v) is 3.15. The Morgan fingerprint density at radius 1 is 1.03 bits per heavy atom. The van der Waals surface area contributed by atoms with Gasteiger partial charge in [0.25, 0.3) is 0 Å². The fourth-order valence-electron chi connectivity index (χ4n) is 3.15. The molecule has 0 spiro atoms. The van der Waals surface area contributed by atoms with Crippen LogP contribution in [0.4, 0.5) is 37.0 Å². The van der Waals surface area contributed by atoms with E-state index >= 15 is 0 Å². The highest BCUT2D eigenvalue weighted by Crippen LogP contribution is 2.38. The third kappa shape index (κ3) is 7.22. The molecule has 3 rings (SSSR count). The van der Waals surface area contributed by atoms with Gasteiger partial charge in [-0.25, -0.2) is 4.79 Å². The van der Waals surface area contributed by atoms with Gasteiger partial charge in [0, 0.05) is 44.9 Å². The first-order valence-electron chi connectivity index (χ1n) is 10.1. The second-order valence-corrected chi connectivity index (χ2v) is 7.64. The summed E-state index contributed by atoms with van der Waals surface area (Å²) in [7, 11) is 0. The Kier molecular flexibility index (Phi) is 7.32. The summed E-state index contributed by atoms with van der Waals surface area (Å²) in [5.74, 6) is -0.395. The van der Waals surface area contributed by atoms with Crippen LogP contribution >= 0.6 is 0 Å². The Morgan fingerprint density at radius 3 is 2.18 bits per heavy atom. The molecule has 33 heavy (non-hydrogen) atoms. The SMILES string of the molecule is O=C(NCCC1CC1)Oc1ccc(N2CCN(C(=O)C=C(C(F)(F)F)C(F)(F)F)CC2)nn1. The van der Waals surface area contributed by atoms with E-state index in [2.05, 4.69) is 15.5 Å². The van der Waals surface area contributed by atoms with Crippen LogP contribution in [-0.4, -0.2) is 72.2 Å². The lowest BCUT2D eigenvalue weighted by Gasteiger charge is -2.34. The number of hydrogen-bond acceptors (Lipinski definition) is 6. The molecule has 8 nitrogen and oxygen atoms in total. The maximum absolute atomic E-state index is 12.6. The number of carbonyl (C=O) groups is 2. The minimum Gasteiger partial charge on any atom is -0.390 e. The van der Waals surface area contributed by atoms with Crippen LogP contribution in [-0.2, 0) is 4.79 Å². The predicted octanol–water partition coefficient (Wildman–Crippen LogP) is 3.06. The summed E-state index contributed by atoms with van der Waals surface area (Å²) >= 11 is 0. The first-order valence-corrected chi connectivity index (χ1v) is 10.1. The van der Waals surface area contributed by atoms with Crippen molar-refractivity contribution in [1.29, 1.82) is 0 Å². The molecule has 1 aromatic heterocycles. The van der Waals surface area contributed by atoms with Crippen LogP contribution in [0.3, 0.4) is 0 Å². The molecule has 2 aliphatic rings. The average Bonchev–Trinajstić information content (AvgIpc) is 3.55. The Labute approximate surface area is 184 Å². The first kappa shape index (κ1) is 24.6. The van der Waals surface area contributed by atoms with Crippen LogP contribution in [0.2, 0.25) is 0 Å². The molecule has 1 saturated carbocycles. The van der Waals surface area contributed by atoms with Crippen LogP contribution in [0.25, 0.3) is 0 Å². The van der Waals surface area contributed by atoms with E-state index in [9.17, 15) is 35.9 Å². The van der Waals surface area contributed by atoms with E-state index in [1.807, 2.05) is 0 Å². The predicted molar refractivity (Wildman–Crippen MR) is 102 cm³/mol. The van der Waals surface area contributed by atoms with Gasteiger partial charge in [-0.1, -0.05) is 12.8 Å². The van der Waals surface area contributed by atoms with Crippen molar-refractivity contribution in [3.05, 3.63) is 23.8 Å². The maximum atomic E-state index is 12.6. The number of ether oxygens (including phenoxy) is 1. The van der Waals surface area contributed by atoms with Crippen molar-refractivity contribution in [1.82, 2.24) is 20.4 Å². The van der Waals surface area contributed by atoms with Crippen molar-refractivity contribution in [3.63, 3.8) is 0 Å². The average molecular weight is 481 g/mol. The molecular formula is C19H21F6N5O3. The third-order valence-corrected chi connectivity index (χ3v) is 5.14. The van der Waals surface area contributed by atoms with Gasteiger partial charge in [-0.2, -0.15) is 26.3 Å². The second-order valence-electron chi connectivity index (χ2n) is 7.64. The lowest BCUT2D eigenvalue weighted by Crippen LogP contribution is -2.49. The molecule has 2 heterocycles. The number of alkyl halides is 6. The normalized spacial score (nSPS) is 16.9. The molecule has 0 radical (unpaired) electrons. The summed E-state index contributed by atoms with van der Waals surface area (Å²) in [6.45, 7) is 0.511. The standard InChI is InChI=1S/C19H21F6N5O3/c20-18(21,22)13(19(23,24)25)11-16(31)30-9-7-29(8-10-30)14-3-4-15(28-27-14)33-17(32)26-6-5-12-1-2-12/h3-4,11-12H,1-2,5-10H2,(H,26,32). The van der Waals surface area contributed by atoms with Gasteiger partial charge in [-0.15, -0.1) is 10.2 Å². The topological polar surface area (TPSA) is 87.7 Å². The summed E-state index contributed by atoms with van der Waals surface area (Å²) in [5, 5.41) is 10.3. The van der Waals surface area contributed by atoms with Gasteiger partial charge in [0.1, 0.15) is 5.57 Å². The van der Waals surface area contributed by atoms with Crippen molar-refractivity contribution < 1.29 is 40.7 Å². The van der Waals surface area contributed by atoms with Crippen molar-refractivity contribution in [2.24, 2.45) is 5.92 Å². The number of hydrogen-bond donors (Lipinski definition) is 1. The van der Waals surface area contributed by atoms with E-state index in [-0.39, 0.29) is 32.1 Å². The van der Waals surface area contributed by atoms with Crippen LogP contribution in [0.1, 0.15) is 19.3 Å². The summed E-state index contributed by atoms with van der Waals surface area (Å²) in [6.07, 6.45) is -9.23. The van der Waals surface area contributed by atoms with E-state index in [0.717, 1.165) is 11.3 Å². The number of aromatic nitrogens is 2. The number of anilines is 1. The molecule has 1 N–H and O–H groups in total. The minimum atomic E-state index is -5.69. The number of rotatable bonds is 6. The number of allylic oxidation sites excluding steroid dienone is 1. The van der Waals surface area contributed by atoms with Gasteiger partial charge in [0.05, 0.1) is 0 Å². The van der Waals surface area contributed by atoms with Gasteiger partial charge in [-0.3, -0.25) is 4.79 Å². The van der Waals surface area contributed by atoms with Crippen molar-refractivity contribution in [3.8, 4) is 5.88 Å². The van der Waals surface area contributed by atoms with Crippen molar-refractivity contribution in [2.45, 2.75) is 31.6 Å². The number of nitrogens with one attached hydrogen (secondary N) is 1. The summed E-state index contributed by atoms with van der Waals surface area (Å²) < 4.78 is 80.7. The van der Waals surface area contributed by atoms with E-state index in [4.69, 9.17) is 4.74 Å². The summed E-state index contributed by atoms with van der Waals surface area (Å²) in [4.78, 5) is 26.2. The third-order valence-electron chi connectivity index (χ3n) is 5.14. The van der Waals surface area contributed by atoms with Crippen LogP contribution < -0.4 is 15.0 Å². The molecule has 0 bridgehead atoms. The molecule has 0 aromatic carbocycles. The second kappa shape index (κ2) is 9.83. The highest BCUT2D eigenvalue weighted by Gasteiger charge is 2.51. The molecule has 1 aromatic rings. The van der Waals surface area contributed by atoms with Gasteiger partial charge >= 0.3 is 18.4 Å². The molecule has 1 aliphatic carbocycles. The fraction of sp³-hybridized carbons (Fsp3) is 0.579. The smallest absolute Gasteiger partial charge is 0.390 e. The number of nitrogens with zero attached hydrogens (tertiary/aromatic N) is 4. The molecule has 1 saturated heterocycles. The lowest BCUT2D eigenvalue weighted by molar-refractivity contribution is -0.173. The Balaban J connectivity index is 1.50. The zero-order valence-corrected chi connectivity index (χ0v) is 17.2. The minimum absolute atomic E-state index is 0.0338. The molecule has 14 heteroatoms. The zero-order valence-electron chi connectivity index (χ0n) is 17.2. The Morgan fingerprint density at radius 2 is 1.67 bits per heavy atom. The van der Waals surface area contributed by atoms with Gasteiger partial charge in [0.2, 0.25) is 11.8 Å². The number of amides is 2. The Bertz CT molecular complexity index is 859. The van der Waals surface area contributed by atoms with E-state index in [1.165, 1.54) is 25.0 Å². The zero-order chi connectivity index (χ0) is 24.2. The molecule has 1 aliphatic heterocycles. The Hall–Kier alpha value is -3.06. The summed E-state index contributed by atoms with van der Waals surface area (Å²) in [5.41, 5.74) is -2.85. The van der Waals surface area contributed by atoms with Crippen molar-refractivity contribution >= 4 is 17.8 Å². The van der Waals surface area contributed by atoms with Gasteiger partial charge in [-0.05, 0) is 18.4 Å². The molecule has 182 valence electrons. The molecule has 2 fully saturated rings. The quantitative estimate of drug-likeness (QED) is 0.497. The van der Waals surface area contributed by atoms with E-state index in [0.29, 0.717) is 18.3 Å². The largest absolute Gasteiger partial charge is 0.421 e. The lowest BCUT2D eigenvalue weighted by atomic mass is 10.2. The number of piperazine rings is 1. The number of carbonyl (C=O) groups excluding carboxylic acids is 2. The molecule has 0 atom stereocenters. The van der Waals surface area contributed by atoms with E-state index < -0.39 is 36.0 Å². The summed E-state index contributed by atoms with van der Waals surface area (Å²) in [6, 6.07) is 2.91. The first-order chi connectivity index (χ1) is 15.4. The van der Waals surface area contributed by atoms with Crippen LogP contribution in [0.5, 0.6) is 5.88 Å². The van der Waals surface area contributed by atoms with Crippen LogP contribution in [0, 0.1) is 5.92 Å². The van der Waals surface area contributed by atoms with Gasteiger partial charge in [0.15, 0.2) is 5.82 Å². The highest BCUT2D eigenvalue weighted by atomic mass is 19.4. The van der Waals surface area contributed by atoms with Crippen molar-refractivity contribution in [2.75, 3.05) is 37.6 Å². The monoisotopic (exact) mass is 481 g/mol. The van der Waals surface area contributed by atoms with Crippen LogP contribution in [0.15, 0.2) is 23.8 Å². The molecule has 0 unspecified atom stereocenters. The maximum Gasteiger partial charge on any atom is 0.421 e. The highest BCUT2D eigenvalue weighted by molar-refractivity contribution is 5.89.